The van der Waals surface area contributed by atoms with Crippen molar-refractivity contribution in [1.82, 2.24) is 0 Å². The summed E-state index contributed by atoms with van der Waals surface area (Å²) in [6, 6.07) is 7.40. The first-order valence-corrected chi connectivity index (χ1v) is 5.64. The van der Waals surface area contributed by atoms with E-state index in [-0.39, 0.29) is 25.0 Å². The fraction of sp³-hybridized carbons (Fsp3) is 0.385. The highest BCUT2D eigenvalue weighted by atomic mass is 16.5. The standard InChI is InChI=1S/C13H17N3O2/c1-9-4-3-5-12(11(9)8-15)16-13(17)6-10(7-14)18-2/h3-5,10H,6-7,14H2,1-2H3,(H,16,17). The number of carbonyl (C=O) groups excluding carboxylic acids is 1. The summed E-state index contributed by atoms with van der Waals surface area (Å²) in [6.07, 6.45) is -0.133. The predicted molar refractivity (Wildman–Crippen MR) is 69.0 cm³/mol. The molecule has 96 valence electrons. The van der Waals surface area contributed by atoms with Gasteiger partial charge in [-0.25, -0.2) is 0 Å². The van der Waals surface area contributed by atoms with E-state index in [2.05, 4.69) is 11.4 Å². The van der Waals surface area contributed by atoms with Gasteiger partial charge in [-0.2, -0.15) is 5.26 Å². The van der Waals surface area contributed by atoms with E-state index in [1.807, 2.05) is 13.0 Å². The van der Waals surface area contributed by atoms with Crippen molar-refractivity contribution in [2.24, 2.45) is 5.73 Å². The molecule has 1 amide bonds. The minimum absolute atomic E-state index is 0.172. The van der Waals surface area contributed by atoms with Crippen LogP contribution >= 0.6 is 0 Å². The van der Waals surface area contributed by atoms with Crippen LogP contribution in [0.3, 0.4) is 0 Å². The molecule has 5 nitrogen and oxygen atoms in total. The molecule has 0 aromatic heterocycles. The number of anilines is 1. The van der Waals surface area contributed by atoms with E-state index in [1.54, 1.807) is 12.1 Å². The van der Waals surface area contributed by atoms with Crippen LogP contribution in [0, 0.1) is 18.3 Å². The lowest BCUT2D eigenvalue weighted by Gasteiger charge is -2.13. The van der Waals surface area contributed by atoms with Gasteiger partial charge in [0.2, 0.25) is 5.91 Å². The lowest BCUT2D eigenvalue weighted by atomic mass is 10.1. The van der Waals surface area contributed by atoms with Crippen LogP contribution < -0.4 is 11.1 Å². The summed E-state index contributed by atoms with van der Waals surface area (Å²) < 4.78 is 5.04. The summed E-state index contributed by atoms with van der Waals surface area (Å²) in [5, 5.41) is 11.7. The number of nitrogens with zero attached hydrogens (tertiary/aromatic N) is 1. The zero-order valence-electron chi connectivity index (χ0n) is 10.6. The number of methoxy groups -OCH3 is 1. The average molecular weight is 247 g/mol. The SMILES string of the molecule is COC(CN)CC(=O)Nc1cccc(C)c1C#N. The Balaban J connectivity index is 2.77. The van der Waals surface area contributed by atoms with Gasteiger partial charge in [-0.15, -0.1) is 0 Å². The van der Waals surface area contributed by atoms with Gasteiger partial charge in [-0.1, -0.05) is 12.1 Å². The number of benzene rings is 1. The van der Waals surface area contributed by atoms with Crippen molar-refractivity contribution < 1.29 is 9.53 Å². The lowest BCUT2D eigenvalue weighted by molar-refractivity contribution is -0.118. The second-order valence-electron chi connectivity index (χ2n) is 3.95. The van der Waals surface area contributed by atoms with Crippen LogP contribution in [0.4, 0.5) is 5.69 Å². The zero-order chi connectivity index (χ0) is 13.5. The number of nitrogens with one attached hydrogen (secondary N) is 1. The Bertz CT molecular complexity index is 462. The molecule has 0 bridgehead atoms. The number of amides is 1. The summed E-state index contributed by atoms with van der Waals surface area (Å²) >= 11 is 0. The summed E-state index contributed by atoms with van der Waals surface area (Å²) in [5.41, 5.74) is 7.28. The Hall–Kier alpha value is -1.90. The van der Waals surface area contributed by atoms with E-state index >= 15 is 0 Å². The number of hydrogen-bond acceptors (Lipinski definition) is 4. The Morgan fingerprint density at radius 3 is 2.89 bits per heavy atom. The van der Waals surface area contributed by atoms with Crippen molar-refractivity contribution in [3.8, 4) is 6.07 Å². The maximum absolute atomic E-state index is 11.8. The second kappa shape index (κ2) is 6.74. The molecule has 0 heterocycles. The Morgan fingerprint density at radius 2 is 2.33 bits per heavy atom. The largest absolute Gasteiger partial charge is 0.380 e. The molecular weight excluding hydrogens is 230 g/mol. The Labute approximate surface area is 107 Å². The first-order valence-electron chi connectivity index (χ1n) is 5.64. The highest BCUT2D eigenvalue weighted by molar-refractivity contribution is 5.92. The maximum Gasteiger partial charge on any atom is 0.227 e. The molecule has 0 saturated carbocycles. The van der Waals surface area contributed by atoms with Gasteiger partial charge in [0.05, 0.1) is 23.8 Å². The molecule has 3 N–H and O–H groups in total. The topological polar surface area (TPSA) is 88.1 Å². The Kier molecular flexibility index (Phi) is 5.31. The molecule has 1 aromatic carbocycles. The number of aryl methyl sites for hydroxylation is 1. The molecule has 0 fully saturated rings. The van der Waals surface area contributed by atoms with Crippen LogP contribution in [0.2, 0.25) is 0 Å². The van der Waals surface area contributed by atoms with Gasteiger partial charge in [-0.3, -0.25) is 4.79 Å². The van der Waals surface area contributed by atoms with E-state index in [0.29, 0.717) is 11.3 Å². The van der Waals surface area contributed by atoms with E-state index in [1.165, 1.54) is 7.11 Å². The molecule has 1 rings (SSSR count). The van der Waals surface area contributed by atoms with Crippen molar-refractivity contribution in [2.75, 3.05) is 19.0 Å². The summed E-state index contributed by atoms with van der Waals surface area (Å²) in [5.74, 6) is -0.214. The number of hydrogen-bond donors (Lipinski definition) is 2. The predicted octanol–water partition coefficient (Wildman–Crippen LogP) is 1.17. The van der Waals surface area contributed by atoms with Gasteiger partial charge >= 0.3 is 0 Å². The third-order valence-corrected chi connectivity index (χ3v) is 2.67. The molecular formula is C13H17N3O2. The third kappa shape index (κ3) is 3.55. The van der Waals surface area contributed by atoms with Crippen LogP contribution in [-0.4, -0.2) is 25.7 Å². The number of nitrogens with two attached hydrogens (primary N) is 1. The molecule has 0 aliphatic carbocycles. The molecule has 1 unspecified atom stereocenters. The molecule has 0 aliphatic rings. The van der Waals surface area contributed by atoms with E-state index < -0.39 is 0 Å². The molecule has 1 aromatic rings. The highest BCUT2D eigenvalue weighted by Crippen LogP contribution is 2.18. The quantitative estimate of drug-likeness (QED) is 0.817. The first kappa shape index (κ1) is 14.2. The fourth-order valence-electron chi connectivity index (χ4n) is 1.59. The van der Waals surface area contributed by atoms with Crippen molar-refractivity contribution in [1.29, 1.82) is 5.26 Å². The Morgan fingerprint density at radius 1 is 1.61 bits per heavy atom. The molecule has 0 aliphatic heterocycles. The third-order valence-electron chi connectivity index (χ3n) is 2.67. The maximum atomic E-state index is 11.8. The van der Waals surface area contributed by atoms with Crippen LogP contribution in [-0.2, 0) is 9.53 Å². The molecule has 0 spiro atoms. The number of nitriles is 1. The lowest BCUT2D eigenvalue weighted by Crippen LogP contribution is -2.28. The first-order chi connectivity index (χ1) is 8.62. The molecule has 1 atom stereocenters. The number of rotatable bonds is 5. The van der Waals surface area contributed by atoms with E-state index in [0.717, 1.165) is 5.56 Å². The van der Waals surface area contributed by atoms with Crippen molar-refractivity contribution in [3.05, 3.63) is 29.3 Å². The van der Waals surface area contributed by atoms with Gasteiger partial charge in [-0.05, 0) is 18.6 Å². The normalized spacial score (nSPS) is 11.7. The van der Waals surface area contributed by atoms with Crippen molar-refractivity contribution in [2.45, 2.75) is 19.4 Å². The number of ether oxygens (including phenoxy) is 1. The summed E-state index contributed by atoms with van der Waals surface area (Å²) in [6.45, 7) is 2.11. The van der Waals surface area contributed by atoms with Crippen LogP contribution in [0.5, 0.6) is 0 Å². The minimum atomic E-state index is -0.305. The average Bonchev–Trinajstić information content (AvgIpc) is 2.36. The summed E-state index contributed by atoms with van der Waals surface area (Å²) in [7, 11) is 1.51. The molecule has 5 heteroatoms. The number of carbonyl (C=O) groups is 1. The van der Waals surface area contributed by atoms with Gasteiger partial charge in [0.25, 0.3) is 0 Å². The van der Waals surface area contributed by atoms with E-state index in [4.69, 9.17) is 15.7 Å². The van der Waals surface area contributed by atoms with Crippen LogP contribution in [0.15, 0.2) is 18.2 Å². The summed E-state index contributed by atoms with van der Waals surface area (Å²) in [4.78, 5) is 11.8. The van der Waals surface area contributed by atoms with Gasteiger partial charge < -0.3 is 15.8 Å². The van der Waals surface area contributed by atoms with E-state index in [9.17, 15) is 4.79 Å². The van der Waals surface area contributed by atoms with Gasteiger partial charge in [0, 0.05) is 13.7 Å². The second-order valence-corrected chi connectivity index (χ2v) is 3.95. The molecule has 0 radical (unpaired) electrons. The molecule has 18 heavy (non-hydrogen) atoms. The minimum Gasteiger partial charge on any atom is -0.380 e. The zero-order valence-corrected chi connectivity index (χ0v) is 10.6. The fourth-order valence-corrected chi connectivity index (χ4v) is 1.59. The van der Waals surface area contributed by atoms with Crippen LogP contribution in [0.25, 0.3) is 0 Å². The monoisotopic (exact) mass is 247 g/mol. The smallest absolute Gasteiger partial charge is 0.227 e. The van der Waals surface area contributed by atoms with Gasteiger partial charge in [0.15, 0.2) is 0 Å². The van der Waals surface area contributed by atoms with Gasteiger partial charge in [0.1, 0.15) is 6.07 Å². The van der Waals surface area contributed by atoms with Crippen molar-refractivity contribution >= 4 is 11.6 Å². The molecule has 0 saturated heterocycles. The van der Waals surface area contributed by atoms with Crippen molar-refractivity contribution in [3.63, 3.8) is 0 Å². The van der Waals surface area contributed by atoms with Crippen LogP contribution in [0.1, 0.15) is 17.5 Å². The highest BCUT2D eigenvalue weighted by Gasteiger charge is 2.13.